The number of hydrogen-bond donors (Lipinski definition) is 0. The predicted octanol–water partition coefficient (Wildman–Crippen LogP) is 4.48. The number of hydrogen-bond acceptors (Lipinski definition) is 2. The molecule has 0 saturated heterocycles. The van der Waals surface area contributed by atoms with E-state index in [4.69, 9.17) is 9.16 Å². The number of ether oxygens (including phenoxy) is 1. The molecular weight excluding hydrogens is 228 g/mol. The molecule has 0 aromatic heterocycles. The van der Waals surface area contributed by atoms with E-state index in [1.54, 1.807) is 7.11 Å². The minimum atomic E-state index is -1.58. The molecular formula is C14H28O2Si. The Labute approximate surface area is 108 Å². The fourth-order valence-corrected chi connectivity index (χ4v) is 3.38. The summed E-state index contributed by atoms with van der Waals surface area (Å²) in [6, 6.07) is 0. The molecule has 17 heavy (non-hydrogen) atoms. The van der Waals surface area contributed by atoms with Crippen molar-refractivity contribution in [1.29, 1.82) is 0 Å². The molecule has 0 atom stereocenters. The Kier molecular flexibility index (Phi) is 4.84. The van der Waals surface area contributed by atoms with Gasteiger partial charge in [-0.2, -0.15) is 0 Å². The first-order valence-corrected chi connectivity index (χ1v) is 9.55. The van der Waals surface area contributed by atoms with E-state index >= 15 is 0 Å². The molecule has 1 aliphatic rings. The fourth-order valence-electron chi connectivity index (χ4n) is 1.96. The van der Waals surface area contributed by atoms with Gasteiger partial charge in [-0.15, -0.1) is 0 Å². The van der Waals surface area contributed by atoms with Gasteiger partial charge < -0.3 is 9.16 Å². The number of methoxy groups -OCH3 is 1. The van der Waals surface area contributed by atoms with Crippen molar-refractivity contribution < 1.29 is 9.16 Å². The van der Waals surface area contributed by atoms with Gasteiger partial charge in [-0.1, -0.05) is 20.8 Å². The van der Waals surface area contributed by atoms with E-state index in [-0.39, 0.29) is 0 Å². The highest BCUT2D eigenvalue weighted by molar-refractivity contribution is 6.74. The van der Waals surface area contributed by atoms with Crippen LogP contribution >= 0.6 is 0 Å². The summed E-state index contributed by atoms with van der Waals surface area (Å²) >= 11 is 0. The largest absolute Gasteiger partial charge is 0.504 e. The highest BCUT2D eigenvalue weighted by atomic mass is 28.4. The quantitative estimate of drug-likeness (QED) is 0.547. The molecule has 0 bridgehead atoms. The van der Waals surface area contributed by atoms with Crippen LogP contribution in [0.5, 0.6) is 0 Å². The Morgan fingerprint density at radius 3 is 2.12 bits per heavy atom. The molecule has 2 nitrogen and oxygen atoms in total. The minimum absolute atomic E-state index is 0.315. The Balaban J connectivity index is 2.49. The smallest absolute Gasteiger partial charge is 0.192 e. The third-order valence-electron chi connectivity index (χ3n) is 4.13. The van der Waals surface area contributed by atoms with Crippen LogP contribution in [0.25, 0.3) is 0 Å². The van der Waals surface area contributed by atoms with Gasteiger partial charge in [0.25, 0.3) is 0 Å². The summed E-state index contributed by atoms with van der Waals surface area (Å²) in [5.41, 5.74) is 1.43. The zero-order valence-electron chi connectivity index (χ0n) is 12.3. The van der Waals surface area contributed by atoms with E-state index in [1.165, 1.54) is 5.57 Å². The van der Waals surface area contributed by atoms with Crippen molar-refractivity contribution in [3.05, 3.63) is 11.8 Å². The van der Waals surface area contributed by atoms with Crippen molar-refractivity contribution in [2.45, 2.75) is 70.7 Å². The zero-order valence-corrected chi connectivity index (χ0v) is 13.3. The third kappa shape index (κ3) is 4.14. The van der Waals surface area contributed by atoms with Crippen LogP contribution in [0.2, 0.25) is 18.1 Å². The molecule has 0 aromatic rings. The summed E-state index contributed by atoms with van der Waals surface area (Å²) in [7, 11) is 0.144. The molecule has 1 fully saturated rings. The van der Waals surface area contributed by atoms with Gasteiger partial charge in [-0.3, -0.25) is 0 Å². The molecule has 3 heteroatoms. The van der Waals surface area contributed by atoms with E-state index in [2.05, 4.69) is 33.9 Å². The van der Waals surface area contributed by atoms with Crippen molar-refractivity contribution in [3.8, 4) is 0 Å². The van der Waals surface area contributed by atoms with Crippen molar-refractivity contribution in [2.75, 3.05) is 7.11 Å². The molecule has 1 saturated carbocycles. The van der Waals surface area contributed by atoms with Crippen LogP contribution in [0.1, 0.15) is 46.5 Å². The van der Waals surface area contributed by atoms with Gasteiger partial charge in [0.15, 0.2) is 8.32 Å². The van der Waals surface area contributed by atoms with Gasteiger partial charge in [0, 0.05) is 6.10 Å². The van der Waals surface area contributed by atoms with Gasteiger partial charge in [0.05, 0.1) is 13.4 Å². The lowest BCUT2D eigenvalue weighted by Gasteiger charge is -2.40. The summed E-state index contributed by atoms with van der Waals surface area (Å²) in [6.45, 7) is 11.6. The van der Waals surface area contributed by atoms with Gasteiger partial charge >= 0.3 is 0 Å². The summed E-state index contributed by atoms with van der Waals surface area (Å²) in [4.78, 5) is 0. The summed E-state index contributed by atoms with van der Waals surface area (Å²) in [5, 5.41) is 0.315. The lowest BCUT2D eigenvalue weighted by Crippen LogP contribution is -2.44. The molecule has 100 valence electrons. The Morgan fingerprint density at radius 2 is 1.71 bits per heavy atom. The highest BCUT2D eigenvalue weighted by Crippen LogP contribution is 2.39. The van der Waals surface area contributed by atoms with Gasteiger partial charge in [-0.25, -0.2) is 0 Å². The van der Waals surface area contributed by atoms with E-state index in [1.807, 2.05) is 6.26 Å². The summed E-state index contributed by atoms with van der Waals surface area (Å²) in [6.07, 6.45) is 6.94. The van der Waals surface area contributed by atoms with Crippen molar-refractivity contribution in [2.24, 2.45) is 0 Å². The SMILES string of the molecule is COC=C1CCC(O[Si](C)(C)C(C)(C)C)CC1. The molecule has 0 spiro atoms. The number of rotatable bonds is 3. The van der Waals surface area contributed by atoms with Crippen LogP contribution in [-0.4, -0.2) is 21.5 Å². The van der Waals surface area contributed by atoms with Gasteiger partial charge in [0.1, 0.15) is 0 Å². The normalized spacial score (nSPS) is 22.5. The van der Waals surface area contributed by atoms with Crippen LogP contribution in [0.15, 0.2) is 11.8 Å². The predicted molar refractivity (Wildman–Crippen MR) is 75.6 cm³/mol. The average Bonchev–Trinajstić information content (AvgIpc) is 2.19. The molecule has 0 aromatic carbocycles. The van der Waals surface area contributed by atoms with Gasteiger partial charge in [-0.05, 0) is 49.4 Å². The molecule has 1 rings (SSSR count). The lowest BCUT2D eigenvalue weighted by atomic mass is 9.94. The van der Waals surface area contributed by atoms with Gasteiger partial charge in [0.2, 0.25) is 0 Å². The molecule has 0 heterocycles. The van der Waals surface area contributed by atoms with Crippen molar-refractivity contribution in [1.82, 2.24) is 0 Å². The first-order valence-electron chi connectivity index (χ1n) is 6.65. The van der Waals surface area contributed by atoms with Crippen LogP contribution in [0.3, 0.4) is 0 Å². The average molecular weight is 256 g/mol. The van der Waals surface area contributed by atoms with Crippen LogP contribution in [-0.2, 0) is 9.16 Å². The second-order valence-electron chi connectivity index (χ2n) is 6.59. The van der Waals surface area contributed by atoms with Crippen molar-refractivity contribution >= 4 is 8.32 Å². The van der Waals surface area contributed by atoms with E-state index in [0.29, 0.717) is 11.1 Å². The minimum Gasteiger partial charge on any atom is -0.504 e. The maximum atomic E-state index is 6.44. The second-order valence-corrected chi connectivity index (χ2v) is 11.3. The Bertz CT molecular complexity index is 266. The first-order chi connectivity index (χ1) is 7.76. The Hall–Kier alpha value is -0.283. The summed E-state index contributed by atoms with van der Waals surface area (Å²) in [5.74, 6) is 0. The van der Waals surface area contributed by atoms with Crippen LogP contribution in [0, 0.1) is 0 Å². The maximum absolute atomic E-state index is 6.44. The standard InChI is InChI=1S/C14H28O2Si/c1-14(2,3)17(5,6)16-13-9-7-12(8-10-13)11-15-4/h11,13H,7-10H2,1-6H3. The Morgan fingerprint density at radius 1 is 1.18 bits per heavy atom. The molecule has 0 amide bonds. The summed E-state index contributed by atoms with van der Waals surface area (Å²) < 4.78 is 11.5. The van der Waals surface area contributed by atoms with Crippen LogP contribution in [0.4, 0.5) is 0 Å². The molecule has 0 unspecified atom stereocenters. The first kappa shape index (κ1) is 14.8. The highest BCUT2D eigenvalue weighted by Gasteiger charge is 2.39. The third-order valence-corrected chi connectivity index (χ3v) is 8.66. The van der Waals surface area contributed by atoms with E-state index < -0.39 is 8.32 Å². The topological polar surface area (TPSA) is 18.5 Å². The second kappa shape index (κ2) is 5.57. The molecule has 0 N–H and O–H groups in total. The van der Waals surface area contributed by atoms with E-state index in [9.17, 15) is 0 Å². The fraction of sp³-hybridized carbons (Fsp3) is 0.857. The molecule has 1 aliphatic carbocycles. The van der Waals surface area contributed by atoms with Crippen LogP contribution < -0.4 is 0 Å². The number of allylic oxidation sites excluding steroid dienone is 1. The lowest BCUT2D eigenvalue weighted by molar-refractivity contribution is 0.149. The monoisotopic (exact) mass is 256 g/mol. The molecule has 0 aliphatic heterocycles. The zero-order chi connectivity index (χ0) is 13.1. The van der Waals surface area contributed by atoms with E-state index in [0.717, 1.165) is 25.7 Å². The maximum Gasteiger partial charge on any atom is 0.192 e. The molecule has 0 radical (unpaired) electrons. The van der Waals surface area contributed by atoms with Crippen molar-refractivity contribution in [3.63, 3.8) is 0 Å².